The molecule has 122 valence electrons. The van der Waals surface area contributed by atoms with Crippen molar-refractivity contribution in [3.05, 3.63) is 71.8 Å². The van der Waals surface area contributed by atoms with Gasteiger partial charge in [-0.1, -0.05) is 72.4 Å². The summed E-state index contributed by atoms with van der Waals surface area (Å²) in [5, 5.41) is 7.21. The molecule has 0 bridgehead atoms. The van der Waals surface area contributed by atoms with Gasteiger partial charge < -0.3 is 10.6 Å². The number of benzene rings is 2. The number of hydrogen-bond acceptors (Lipinski definition) is 6. The first-order valence-corrected chi connectivity index (χ1v) is 8.91. The van der Waals surface area contributed by atoms with Gasteiger partial charge in [-0.2, -0.15) is 15.0 Å². The van der Waals surface area contributed by atoms with Crippen molar-refractivity contribution in [1.29, 1.82) is 0 Å². The summed E-state index contributed by atoms with van der Waals surface area (Å²) in [6.07, 6.45) is 1.96. The first-order chi connectivity index (χ1) is 11.8. The molecule has 3 aromatic rings. The van der Waals surface area contributed by atoms with Crippen LogP contribution in [0.1, 0.15) is 11.1 Å². The van der Waals surface area contributed by atoms with Crippen molar-refractivity contribution in [2.45, 2.75) is 18.2 Å². The maximum atomic E-state index is 4.45. The predicted molar refractivity (Wildman–Crippen MR) is 99.1 cm³/mol. The second kappa shape index (κ2) is 8.31. The highest BCUT2D eigenvalue weighted by Gasteiger charge is 2.06. The maximum absolute atomic E-state index is 4.45. The van der Waals surface area contributed by atoms with Crippen molar-refractivity contribution in [3.63, 3.8) is 0 Å². The minimum atomic E-state index is 0.578. The third-order valence-electron chi connectivity index (χ3n) is 3.38. The molecule has 0 aliphatic carbocycles. The molecule has 0 saturated carbocycles. The van der Waals surface area contributed by atoms with Crippen LogP contribution < -0.4 is 10.6 Å². The number of anilines is 2. The standard InChI is InChI=1S/C18H19N5S/c1-24-18-22-16(19-12-14-8-4-2-5-9-14)21-17(23-18)20-13-15-10-6-3-7-11-15/h2-11H,12-13H2,1H3,(H2,19,20,21,22,23). The number of rotatable bonds is 7. The lowest BCUT2D eigenvalue weighted by Gasteiger charge is -2.09. The van der Waals surface area contributed by atoms with Gasteiger partial charge >= 0.3 is 0 Å². The molecule has 2 aromatic carbocycles. The van der Waals surface area contributed by atoms with Crippen molar-refractivity contribution in [2.24, 2.45) is 0 Å². The van der Waals surface area contributed by atoms with Crippen LogP contribution in [0.3, 0.4) is 0 Å². The van der Waals surface area contributed by atoms with Crippen molar-refractivity contribution < 1.29 is 0 Å². The second-order valence-electron chi connectivity index (χ2n) is 5.15. The molecule has 5 nitrogen and oxygen atoms in total. The molecule has 6 heteroatoms. The molecule has 0 atom stereocenters. The van der Waals surface area contributed by atoms with E-state index >= 15 is 0 Å². The van der Waals surface area contributed by atoms with E-state index < -0.39 is 0 Å². The molecule has 0 fully saturated rings. The van der Waals surface area contributed by atoms with Crippen molar-refractivity contribution in [3.8, 4) is 0 Å². The van der Waals surface area contributed by atoms with E-state index in [0.717, 1.165) is 0 Å². The molecule has 1 aromatic heterocycles. The lowest BCUT2D eigenvalue weighted by atomic mass is 10.2. The molecule has 0 saturated heterocycles. The number of nitrogens with one attached hydrogen (secondary N) is 2. The van der Waals surface area contributed by atoms with Gasteiger partial charge in [-0.15, -0.1) is 0 Å². The fourth-order valence-electron chi connectivity index (χ4n) is 2.16. The Balaban J connectivity index is 1.68. The van der Waals surface area contributed by atoms with E-state index in [-0.39, 0.29) is 0 Å². The van der Waals surface area contributed by atoms with Gasteiger partial charge in [0.05, 0.1) is 0 Å². The van der Waals surface area contributed by atoms with Gasteiger partial charge in [-0.3, -0.25) is 0 Å². The normalized spacial score (nSPS) is 10.4. The van der Waals surface area contributed by atoms with E-state index in [1.165, 1.54) is 22.9 Å². The summed E-state index contributed by atoms with van der Waals surface area (Å²) >= 11 is 1.50. The van der Waals surface area contributed by atoms with E-state index in [0.29, 0.717) is 30.1 Å². The Hall–Kier alpha value is -2.60. The number of aromatic nitrogens is 3. The average molecular weight is 337 g/mol. The Bertz CT molecular complexity index is 703. The number of hydrogen-bond donors (Lipinski definition) is 2. The fraction of sp³-hybridized carbons (Fsp3) is 0.167. The van der Waals surface area contributed by atoms with E-state index in [2.05, 4.69) is 49.9 Å². The van der Waals surface area contributed by atoms with Gasteiger partial charge in [0, 0.05) is 13.1 Å². The molecule has 0 amide bonds. The third-order valence-corrected chi connectivity index (χ3v) is 3.93. The smallest absolute Gasteiger partial charge is 0.228 e. The zero-order valence-electron chi connectivity index (χ0n) is 13.4. The van der Waals surface area contributed by atoms with Crippen LogP contribution in [0, 0.1) is 0 Å². The Morgan fingerprint density at radius 1 is 0.708 bits per heavy atom. The third kappa shape index (κ3) is 4.70. The first-order valence-electron chi connectivity index (χ1n) is 7.69. The maximum Gasteiger partial charge on any atom is 0.228 e. The van der Waals surface area contributed by atoms with Crippen molar-refractivity contribution in [1.82, 2.24) is 15.0 Å². The average Bonchev–Trinajstić information content (AvgIpc) is 2.66. The van der Waals surface area contributed by atoms with Gasteiger partial charge in [0.2, 0.25) is 11.9 Å². The van der Waals surface area contributed by atoms with E-state index in [9.17, 15) is 0 Å². The molecule has 0 unspecified atom stereocenters. The van der Waals surface area contributed by atoms with Crippen LogP contribution in [0.2, 0.25) is 0 Å². The van der Waals surface area contributed by atoms with Crippen LogP contribution in [0.15, 0.2) is 65.8 Å². The van der Waals surface area contributed by atoms with E-state index in [1.807, 2.05) is 42.7 Å². The van der Waals surface area contributed by atoms with Gasteiger partial charge in [0.1, 0.15) is 0 Å². The lowest BCUT2D eigenvalue weighted by Crippen LogP contribution is -2.10. The van der Waals surface area contributed by atoms with Gasteiger partial charge in [-0.05, 0) is 17.4 Å². The van der Waals surface area contributed by atoms with Gasteiger partial charge in [0.25, 0.3) is 0 Å². The Morgan fingerprint density at radius 3 is 1.58 bits per heavy atom. The summed E-state index contributed by atoms with van der Waals surface area (Å²) in [6.45, 7) is 1.35. The SMILES string of the molecule is CSc1nc(NCc2ccccc2)nc(NCc2ccccc2)n1. The Morgan fingerprint density at radius 2 is 1.17 bits per heavy atom. The van der Waals surface area contributed by atoms with E-state index in [1.54, 1.807) is 0 Å². The monoisotopic (exact) mass is 337 g/mol. The summed E-state index contributed by atoms with van der Waals surface area (Å²) in [7, 11) is 0. The highest BCUT2D eigenvalue weighted by molar-refractivity contribution is 7.98. The van der Waals surface area contributed by atoms with Crippen LogP contribution in [-0.2, 0) is 13.1 Å². The van der Waals surface area contributed by atoms with Crippen LogP contribution in [0.25, 0.3) is 0 Å². The van der Waals surface area contributed by atoms with Gasteiger partial charge in [0.15, 0.2) is 5.16 Å². The fourth-order valence-corrected chi connectivity index (χ4v) is 2.52. The first kappa shape index (κ1) is 16.3. The van der Waals surface area contributed by atoms with Gasteiger partial charge in [-0.25, -0.2) is 0 Å². The zero-order chi connectivity index (χ0) is 16.6. The highest BCUT2D eigenvalue weighted by Crippen LogP contribution is 2.15. The van der Waals surface area contributed by atoms with Crippen LogP contribution in [0.5, 0.6) is 0 Å². The number of thioether (sulfide) groups is 1. The van der Waals surface area contributed by atoms with Crippen LogP contribution in [-0.4, -0.2) is 21.2 Å². The summed E-state index contributed by atoms with van der Waals surface area (Å²) < 4.78 is 0. The molecule has 0 aliphatic heterocycles. The highest BCUT2D eigenvalue weighted by atomic mass is 32.2. The number of nitrogens with zero attached hydrogens (tertiary/aromatic N) is 3. The summed E-state index contributed by atoms with van der Waals surface area (Å²) in [4.78, 5) is 13.3. The topological polar surface area (TPSA) is 62.7 Å². The summed E-state index contributed by atoms with van der Waals surface area (Å²) in [5.41, 5.74) is 2.37. The quantitative estimate of drug-likeness (QED) is 0.639. The van der Waals surface area contributed by atoms with E-state index in [4.69, 9.17) is 0 Å². The van der Waals surface area contributed by atoms with Crippen LogP contribution >= 0.6 is 11.8 Å². The van der Waals surface area contributed by atoms with Crippen LogP contribution in [0.4, 0.5) is 11.9 Å². The Labute approximate surface area is 146 Å². The molecule has 3 rings (SSSR count). The predicted octanol–water partition coefficient (Wildman–Crippen LogP) is 3.82. The molecular formula is C18H19N5S. The second-order valence-corrected chi connectivity index (χ2v) is 5.92. The lowest BCUT2D eigenvalue weighted by molar-refractivity contribution is 0.886. The summed E-state index contributed by atoms with van der Waals surface area (Å²) in [5.74, 6) is 1.16. The molecule has 0 aliphatic rings. The molecule has 0 spiro atoms. The molecule has 24 heavy (non-hydrogen) atoms. The zero-order valence-corrected chi connectivity index (χ0v) is 14.3. The minimum Gasteiger partial charge on any atom is -0.350 e. The molecule has 1 heterocycles. The minimum absolute atomic E-state index is 0.578. The van der Waals surface area contributed by atoms with Crippen molar-refractivity contribution >= 4 is 23.7 Å². The van der Waals surface area contributed by atoms with Crippen molar-refractivity contribution in [2.75, 3.05) is 16.9 Å². The molecule has 0 radical (unpaired) electrons. The Kier molecular flexibility index (Phi) is 5.63. The summed E-state index contributed by atoms with van der Waals surface area (Å²) in [6, 6.07) is 20.4. The largest absolute Gasteiger partial charge is 0.350 e. The molecule has 2 N–H and O–H groups in total. The molecular weight excluding hydrogens is 318 g/mol.